The topological polar surface area (TPSA) is 94.1 Å². The molecule has 0 aliphatic heterocycles. The summed E-state index contributed by atoms with van der Waals surface area (Å²) in [6, 6.07) is 4.60. The predicted octanol–water partition coefficient (Wildman–Crippen LogP) is 0.923. The maximum Gasteiger partial charge on any atom is 0.331 e. The zero-order valence-corrected chi connectivity index (χ0v) is 12.4. The Balaban J connectivity index is 3.05. The second kappa shape index (κ2) is 6.94. The molecule has 7 nitrogen and oxygen atoms in total. The lowest BCUT2D eigenvalue weighted by molar-refractivity contribution is -0.145. The van der Waals surface area contributed by atoms with E-state index >= 15 is 0 Å². The van der Waals surface area contributed by atoms with Crippen molar-refractivity contribution < 1.29 is 28.9 Å². The number of carboxylic acid groups (broad SMARTS) is 1. The number of carbonyl (C=O) groups is 2. The van der Waals surface area contributed by atoms with E-state index in [1.54, 1.807) is 6.07 Å². The van der Waals surface area contributed by atoms with Gasteiger partial charge in [0.15, 0.2) is 5.54 Å². The molecule has 0 heterocycles. The van der Waals surface area contributed by atoms with Crippen LogP contribution in [0.1, 0.15) is 17.3 Å². The second-order valence-electron chi connectivity index (χ2n) is 4.63. The third-order valence-corrected chi connectivity index (χ3v) is 2.91. The second-order valence-corrected chi connectivity index (χ2v) is 4.63. The highest BCUT2D eigenvalue weighted by Gasteiger charge is 2.35. The average Bonchev–Trinajstić information content (AvgIpc) is 2.46. The number of ether oxygens (including phenoxy) is 3. The van der Waals surface area contributed by atoms with E-state index in [1.807, 2.05) is 0 Å². The fraction of sp³-hybridized carbons (Fsp3) is 0.429. The Morgan fingerprint density at radius 2 is 1.67 bits per heavy atom. The number of methoxy groups -OCH3 is 3. The van der Waals surface area contributed by atoms with E-state index in [1.165, 1.54) is 40.4 Å². The van der Waals surface area contributed by atoms with Crippen LogP contribution in [0.5, 0.6) is 11.5 Å². The van der Waals surface area contributed by atoms with Gasteiger partial charge in [0.2, 0.25) is 0 Å². The molecule has 7 heteroatoms. The fourth-order valence-electron chi connectivity index (χ4n) is 1.70. The third-order valence-electron chi connectivity index (χ3n) is 2.91. The lowest BCUT2D eigenvalue weighted by atomic mass is 10.0. The van der Waals surface area contributed by atoms with Gasteiger partial charge < -0.3 is 24.6 Å². The van der Waals surface area contributed by atoms with E-state index in [0.29, 0.717) is 11.5 Å². The highest BCUT2D eigenvalue weighted by Crippen LogP contribution is 2.23. The third kappa shape index (κ3) is 4.09. The summed E-state index contributed by atoms with van der Waals surface area (Å²) >= 11 is 0. The van der Waals surface area contributed by atoms with Crippen LogP contribution in [0.25, 0.3) is 0 Å². The number of carboxylic acids is 1. The lowest BCUT2D eigenvalue weighted by Gasteiger charge is -2.25. The van der Waals surface area contributed by atoms with Crippen LogP contribution in [0, 0.1) is 0 Å². The standard InChI is InChI=1S/C14H19NO6/c1-14(8-19-2,13(17)18)15-12(16)9-5-10(20-3)7-11(6-9)21-4/h5-7H,8H2,1-4H3,(H,15,16)(H,17,18). The van der Waals surface area contributed by atoms with Crippen molar-refractivity contribution in [2.75, 3.05) is 27.9 Å². The molecule has 1 amide bonds. The quantitative estimate of drug-likeness (QED) is 0.777. The van der Waals surface area contributed by atoms with Crippen LogP contribution in [0.3, 0.4) is 0 Å². The summed E-state index contributed by atoms with van der Waals surface area (Å²) < 4.78 is 15.0. The van der Waals surface area contributed by atoms with E-state index in [4.69, 9.17) is 14.2 Å². The molecule has 1 aromatic carbocycles. The predicted molar refractivity (Wildman–Crippen MR) is 74.9 cm³/mol. The largest absolute Gasteiger partial charge is 0.497 e. The Morgan fingerprint density at radius 3 is 2.05 bits per heavy atom. The van der Waals surface area contributed by atoms with E-state index < -0.39 is 17.4 Å². The molecule has 1 rings (SSSR count). The number of carbonyl (C=O) groups excluding carboxylic acids is 1. The molecule has 0 saturated heterocycles. The number of rotatable bonds is 7. The van der Waals surface area contributed by atoms with Crippen molar-refractivity contribution in [3.05, 3.63) is 23.8 Å². The van der Waals surface area contributed by atoms with Gasteiger partial charge in [-0.15, -0.1) is 0 Å². The molecule has 0 spiro atoms. The van der Waals surface area contributed by atoms with Gasteiger partial charge in [-0.2, -0.15) is 0 Å². The van der Waals surface area contributed by atoms with Crippen LogP contribution < -0.4 is 14.8 Å². The molecule has 1 atom stereocenters. The molecule has 0 fully saturated rings. The zero-order chi connectivity index (χ0) is 16.0. The SMILES string of the molecule is COCC(C)(NC(=O)c1cc(OC)cc(OC)c1)C(=O)O. The average molecular weight is 297 g/mol. The first-order valence-electron chi connectivity index (χ1n) is 6.14. The zero-order valence-electron chi connectivity index (χ0n) is 12.4. The molecule has 21 heavy (non-hydrogen) atoms. The molecule has 0 aromatic heterocycles. The Bertz CT molecular complexity index is 508. The van der Waals surface area contributed by atoms with Gasteiger partial charge in [-0.3, -0.25) is 4.79 Å². The smallest absolute Gasteiger partial charge is 0.331 e. The van der Waals surface area contributed by atoms with Crippen molar-refractivity contribution in [1.82, 2.24) is 5.32 Å². The summed E-state index contributed by atoms with van der Waals surface area (Å²) in [5.74, 6) is -0.881. The summed E-state index contributed by atoms with van der Waals surface area (Å²) in [6.45, 7) is 1.21. The van der Waals surface area contributed by atoms with Crippen LogP contribution >= 0.6 is 0 Å². The van der Waals surface area contributed by atoms with Gasteiger partial charge in [0.1, 0.15) is 11.5 Å². The highest BCUT2D eigenvalue weighted by atomic mass is 16.5. The normalized spacial score (nSPS) is 13.1. The maximum atomic E-state index is 12.2. The summed E-state index contributed by atoms with van der Waals surface area (Å²) in [6.07, 6.45) is 0. The first-order valence-corrected chi connectivity index (χ1v) is 6.14. The highest BCUT2D eigenvalue weighted by molar-refractivity contribution is 5.98. The van der Waals surface area contributed by atoms with E-state index in [9.17, 15) is 14.7 Å². The fourth-order valence-corrected chi connectivity index (χ4v) is 1.70. The number of nitrogens with one attached hydrogen (secondary N) is 1. The Hall–Kier alpha value is -2.28. The summed E-state index contributed by atoms with van der Waals surface area (Å²) in [4.78, 5) is 23.5. The Labute approximate surface area is 122 Å². The summed E-state index contributed by atoms with van der Waals surface area (Å²) in [7, 11) is 4.29. The first kappa shape index (κ1) is 16.8. The number of benzene rings is 1. The first-order chi connectivity index (χ1) is 9.86. The van der Waals surface area contributed by atoms with Crippen molar-refractivity contribution in [3.8, 4) is 11.5 Å². The Kier molecular flexibility index (Phi) is 5.54. The van der Waals surface area contributed by atoms with Crippen molar-refractivity contribution in [2.24, 2.45) is 0 Å². The number of aliphatic carboxylic acids is 1. The van der Waals surface area contributed by atoms with Crippen molar-refractivity contribution >= 4 is 11.9 Å². The van der Waals surface area contributed by atoms with Gasteiger partial charge in [-0.25, -0.2) is 4.79 Å². The minimum Gasteiger partial charge on any atom is -0.497 e. The molecule has 1 aromatic rings. The van der Waals surface area contributed by atoms with Crippen LogP contribution in [0.15, 0.2) is 18.2 Å². The molecule has 0 aliphatic rings. The van der Waals surface area contributed by atoms with Gasteiger partial charge in [-0.1, -0.05) is 0 Å². The van der Waals surface area contributed by atoms with Crippen LogP contribution in [-0.4, -0.2) is 50.5 Å². The molecule has 0 radical (unpaired) electrons. The van der Waals surface area contributed by atoms with Crippen molar-refractivity contribution in [1.29, 1.82) is 0 Å². The summed E-state index contributed by atoms with van der Waals surface area (Å²) in [5.41, 5.74) is -1.29. The van der Waals surface area contributed by atoms with E-state index in [0.717, 1.165) is 0 Å². The molecule has 2 N–H and O–H groups in total. The lowest BCUT2D eigenvalue weighted by Crippen LogP contribution is -2.55. The van der Waals surface area contributed by atoms with Gasteiger partial charge in [-0.05, 0) is 19.1 Å². The molecule has 1 unspecified atom stereocenters. The van der Waals surface area contributed by atoms with Gasteiger partial charge in [0.25, 0.3) is 5.91 Å². The van der Waals surface area contributed by atoms with Crippen molar-refractivity contribution in [3.63, 3.8) is 0 Å². The minimum absolute atomic E-state index is 0.158. The summed E-state index contributed by atoms with van der Waals surface area (Å²) in [5, 5.41) is 11.7. The van der Waals surface area contributed by atoms with Gasteiger partial charge >= 0.3 is 5.97 Å². The molecule has 0 aliphatic carbocycles. The molecule has 116 valence electrons. The molecule has 0 saturated carbocycles. The van der Waals surface area contributed by atoms with Crippen LogP contribution in [0.4, 0.5) is 0 Å². The number of amides is 1. The molecule has 0 bridgehead atoms. The van der Waals surface area contributed by atoms with Gasteiger partial charge in [0, 0.05) is 18.7 Å². The van der Waals surface area contributed by atoms with E-state index in [2.05, 4.69) is 5.32 Å². The number of hydrogen-bond acceptors (Lipinski definition) is 5. The molecular formula is C14H19NO6. The Morgan fingerprint density at radius 1 is 1.14 bits per heavy atom. The maximum absolute atomic E-state index is 12.2. The van der Waals surface area contributed by atoms with Gasteiger partial charge in [0.05, 0.1) is 20.8 Å². The van der Waals surface area contributed by atoms with E-state index in [-0.39, 0.29) is 12.2 Å². The number of hydrogen-bond donors (Lipinski definition) is 2. The minimum atomic E-state index is -1.53. The monoisotopic (exact) mass is 297 g/mol. The van der Waals surface area contributed by atoms with Crippen LogP contribution in [0.2, 0.25) is 0 Å². The van der Waals surface area contributed by atoms with Crippen LogP contribution in [-0.2, 0) is 9.53 Å². The molecular weight excluding hydrogens is 278 g/mol. The van der Waals surface area contributed by atoms with Crippen molar-refractivity contribution in [2.45, 2.75) is 12.5 Å².